The van der Waals surface area contributed by atoms with Crippen LogP contribution >= 0.6 is 0 Å². The van der Waals surface area contributed by atoms with Crippen LogP contribution in [0.4, 0.5) is 4.79 Å². The number of methoxy groups -OCH3 is 1. The molecule has 0 spiro atoms. The van der Waals surface area contributed by atoms with Crippen molar-refractivity contribution in [3.63, 3.8) is 0 Å². The van der Waals surface area contributed by atoms with Crippen LogP contribution in [0.25, 0.3) is 0 Å². The zero-order chi connectivity index (χ0) is 11.5. The Balaban J connectivity index is 2.09. The van der Waals surface area contributed by atoms with E-state index >= 15 is 0 Å². The van der Waals surface area contributed by atoms with Crippen molar-refractivity contribution in [3.05, 3.63) is 42.1 Å². The van der Waals surface area contributed by atoms with Crippen LogP contribution in [-0.2, 0) is 4.84 Å². The van der Waals surface area contributed by atoms with Gasteiger partial charge in [0.15, 0.2) is 0 Å². The van der Waals surface area contributed by atoms with Crippen LogP contribution in [0.5, 0.6) is 5.75 Å². The summed E-state index contributed by atoms with van der Waals surface area (Å²) < 4.78 is 5.03. The normalized spacial score (nSPS) is 18.8. The molecule has 2 rings (SSSR count). The number of hydrogen-bond donors (Lipinski definition) is 1. The van der Waals surface area contributed by atoms with Crippen molar-refractivity contribution in [3.8, 4) is 5.75 Å². The van der Waals surface area contributed by atoms with Crippen LogP contribution in [0.15, 0.2) is 36.5 Å². The first-order chi connectivity index (χ1) is 7.70. The molecule has 1 aliphatic rings. The molecular weight excluding hydrogens is 210 g/mol. The Labute approximate surface area is 92.5 Å². The molecule has 1 heterocycles. The molecule has 0 radical (unpaired) electrons. The Morgan fingerprint density at radius 1 is 1.44 bits per heavy atom. The van der Waals surface area contributed by atoms with Crippen molar-refractivity contribution < 1.29 is 19.5 Å². The van der Waals surface area contributed by atoms with Gasteiger partial charge in [0.1, 0.15) is 11.9 Å². The molecule has 16 heavy (non-hydrogen) atoms. The van der Waals surface area contributed by atoms with Crippen LogP contribution in [0.3, 0.4) is 0 Å². The zero-order valence-electron chi connectivity index (χ0n) is 8.66. The van der Waals surface area contributed by atoms with E-state index in [2.05, 4.69) is 0 Å². The molecule has 5 nitrogen and oxygen atoms in total. The van der Waals surface area contributed by atoms with Gasteiger partial charge in [-0.15, -0.1) is 0 Å². The largest absolute Gasteiger partial charge is 0.497 e. The summed E-state index contributed by atoms with van der Waals surface area (Å²) in [5.74, 6) is 0.751. The van der Waals surface area contributed by atoms with E-state index in [1.807, 2.05) is 12.1 Å². The number of benzene rings is 1. The molecule has 1 aromatic rings. The lowest BCUT2D eigenvalue weighted by Crippen LogP contribution is -2.21. The molecule has 1 atom stereocenters. The molecular formula is C11H11NO4. The first-order valence-electron chi connectivity index (χ1n) is 4.72. The third-order valence-corrected chi connectivity index (χ3v) is 2.26. The van der Waals surface area contributed by atoms with Gasteiger partial charge >= 0.3 is 6.09 Å². The summed E-state index contributed by atoms with van der Waals surface area (Å²) in [5.41, 5.74) is 0.876. The minimum Gasteiger partial charge on any atom is -0.497 e. The van der Waals surface area contributed by atoms with Crippen molar-refractivity contribution in [2.75, 3.05) is 7.11 Å². The summed E-state index contributed by atoms with van der Waals surface area (Å²) in [6, 6.07) is 7.27. The molecule has 1 aromatic carbocycles. The number of hydrogen-bond acceptors (Lipinski definition) is 3. The first kappa shape index (κ1) is 10.5. The molecule has 0 aromatic heterocycles. The lowest BCUT2D eigenvalue weighted by molar-refractivity contribution is -0.106. The maximum Gasteiger partial charge on any atom is 0.435 e. The molecule has 1 aliphatic heterocycles. The van der Waals surface area contributed by atoms with E-state index in [4.69, 9.17) is 14.7 Å². The fraction of sp³-hybridized carbons (Fsp3) is 0.182. The quantitative estimate of drug-likeness (QED) is 0.831. The smallest absolute Gasteiger partial charge is 0.435 e. The second-order valence-corrected chi connectivity index (χ2v) is 3.25. The average Bonchev–Trinajstić information content (AvgIpc) is 2.78. The minimum absolute atomic E-state index is 0.359. The van der Waals surface area contributed by atoms with Gasteiger partial charge in [0.05, 0.1) is 7.11 Å². The topological polar surface area (TPSA) is 59.0 Å². The number of rotatable bonds is 2. The van der Waals surface area contributed by atoms with Crippen molar-refractivity contribution in [2.45, 2.75) is 6.10 Å². The molecule has 0 saturated heterocycles. The predicted octanol–water partition coefficient (Wildman–Crippen LogP) is 2.18. The average molecular weight is 221 g/mol. The standard InChI is InChI=1S/C11H11NO4/c1-15-9-4-2-8(3-5-9)10-6-7-12(16-10)11(13)14/h2-7,10H,1H3,(H,13,14). The van der Waals surface area contributed by atoms with Gasteiger partial charge in [-0.05, 0) is 23.8 Å². The van der Waals surface area contributed by atoms with Crippen LogP contribution in [0.2, 0.25) is 0 Å². The van der Waals surface area contributed by atoms with E-state index in [-0.39, 0.29) is 6.10 Å². The highest BCUT2D eigenvalue weighted by Crippen LogP contribution is 2.27. The highest BCUT2D eigenvalue weighted by atomic mass is 16.7. The van der Waals surface area contributed by atoms with E-state index in [9.17, 15) is 4.79 Å². The number of carboxylic acid groups (broad SMARTS) is 1. The molecule has 84 valence electrons. The molecule has 0 bridgehead atoms. The Morgan fingerprint density at radius 3 is 2.62 bits per heavy atom. The van der Waals surface area contributed by atoms with Crippen molar-refractivity contribution >= 4 is 6.09 Å². The maximum atomic E-state index is 10.6. The second kappa shape index (κ2) is 4.24. The Kier molecular flexibility index (Phi) is 2.78. The van der Waals surface area contributed by atoms with Gasteiger partial charge in [-0.1, -0.05) is 12.1 Å². The molecule has 1 amide bonds. The van der Waals surface area contributed by atoms with Crippen molar-refractivity contribution in [1.29, 1.82) is 0 Å². The fourth-order valence-corrected chi connectivity index (χ4v) is 1.42. The Morgan fingerprint density at radius 2 is 2.12 bits per heavy atom. The summed E-state index contributed by atoms with van der Waals surface area (Å²) >= 11 is 0. The van der Waals surface area contributed by atoms with E-state index in [1.165, 1.54) is 6.20 Å². The second-order valence-electron chi connectivity index (χ2n) is 3.25. The predicted molar refractivity (Wildman–Crippen MR) is 55.8 cm³/mol. The van der Waals surface area contributed by atoms with Crippen LogP contribution < -0.4 is 4.74 Å². The Hall–Kier alpha value is -2.01. The third-order valence-electron chi connectivity index (χ3n) is 2.26. The van der Waals surface area contributed by atoms with Gasteiger partial charge in [0, 0.05) is 6.20 Å². The zero-order valence-corrected chi connectivity index (χ0v) is 8.66. The van der Waals surface area contributed by atoms with Gasteiger partial charge in [0.2, 0.25) is 0 Å². The van der Waals surface area contributed by atoms with Crippen molar-refractivity contribution in [1.82, 2.24) is 5.06 Å². The number of hydroxylamine groups is 2. The summed E-state index contributed by atoms with van der Waals surface area (Å²) in [6.45, 7) is 0. The van der Waals surface area contributed by atoms with Crippen LogP contribution in [0.1, 0.15) is 11.7 Å². The van der Waals surface area contributed by atoms with Gasteiger partial charge in [0.25, 0.3) is 0 Å². The first-order valence-corrected chi connectivity index (χ1v) is 4.72. The van der Waals surface area contributed by atoms with E-state index < -0.39 is 6.09 Å². The SMILES string of the molecule is COc1ccc(C2C=CN(C(=O)O)O2)cc1. The van der Waals surface area contributed by atoms with Gasteiger partial charge < -0.3 is 9.84 Å². The molecule has 0 aliphatic carbocycles. The van der Waals surface area contributed by atoms with E-state index in [1.54, 1.807) is 25.3 Å². The van der Waals surface area contributed by atoms with Crippen LogP contribution in [0, 0.1) is 0 Å². The minimum atomic E-state index is -1.13. The van der Waals surface area contributed by atoms with Gasteiger partial charge in [-0.3, -0.25) is 4.84 Å². The number of ether oxygens (including phenoxy) is 1. The summed E-state index contributed by atoms with van der Waals surface area (Å²) in [6.07, 6.45) is 1.57. The van der Waals surface area contributed by atoms with E-state index in [0.717, 1.165) is 16.4 Å². The Bertz CT molecular complexity index is 412. The van der Waals surface area contributed by atoms with E-state index in [0.29, 0.717) is 0 Å². The number of carbonyl (C=O) groups is 1. The summed E-state index contributed by atoms with van der Waals surface area (Å²) in [4.78, 5) is 15.8. The number of nitrogens with zero attached hydrogens (tertiary/aromatic N) is 1. The lowest BCUT2D eigenvalue weighted by atomic mass is 10.1. The maximum absolute atomic E-state index is 10.6. The molecule has 1 N–H and O–H groups in total. The van der Waals surface area contributed by atoms with Gasteiger partial charge in [-0.25, -0.2) is 4.79 Å². The fourth-order valence-electron chi connectivity index (χ4n) is 1.42. The van der Waals surface area contributed by atoms with Crippen LogP contribution in [-0.4, -0.2) is 23.4 Å². The summed E-state index contributed by atoms with van der Waals surface area (Å²) in [7, 11) is 1.59. The van der Waals surface area contributed by atoms with Gasteiger partial charge in [-0.2, -0.15) is 5.06 Å². The molecule has 0 fully saturated rings. The highest BCUT2D eigenvalue weighted by molar-refractivity contribution is 5.65. The number of amides is 1. The molecule has 1 unspecified atom stereocenters. The van der Waals surface area contributed by atoms with Crippen molar-refractivity contribution in [2.24, 2.45) is 0 Å². The molecule has 5 heteroatoms. The monoisotopic (exact) mass is 221 g/mol. The summed E-state index contributed by atoms with van der Waals surface area (Å²) in [5, 5.41) is 9.48. The highest BCUT2D eigenvalue weighted by Gasteiger charge is 2.22. The third kappa shape index (κ3) is 1.99. The lowest BCUT2D eigenvalue weighted by Gasteiger charge is -2.13. The molecule has 0 saturated carbocycles.